The van der Waals surface area contributed by atoms with E-state index in [1.807, 2.05) is 49.3 Å². The maximum atomic E-state index is 12.1. The number of hydrogen-bond acceptors (Lipinski definition) is 4. The molecule has 6 heteroatoms. The van der Waals surface area contributed by atoms with Gasteiger partial charge in [-0.05, 0) is 45.0 Å². The summed E-state index contributed by atoms with van der Waals surface area (Å²) in [5.74, 6) is -0.179. The Labute approximate surface area is 141 Å². The predicted octanol–water partition coefficient (Wildman–Crippen LogP) is 0.889. The zero-order chi connectivity index (χ0) is 17.7. The van der Waals surface area contributed by atoms with Gasteiger partial charge in [-0.1, -0.05) is 18.2 Å². The normalized spacial score (nSPS) is 13.9. The van der Waals surface area contributed by atoms with Crippen molar-refractivity contribution in [3.63, 3.8) is 0 Å². The van der Waals surface area contributed by atoms with E-state index in [9.17, 15) is 14.7 Å². The molecule has 130 valence electrons. The maximum absolute atomic E-state index is 12.1. The largest absolute Gasteiger partial charge is 0.387 e. The first kappa shape index (κ1) is 18.2. The van der Waals surface area contributed by atoms with Gasteiger partial charge >= 0.3 is 0 Å². The lowest BCUT2D eigenvalue weighted by molar-refractivity contribution is -0.122. The molecule has 3 N–H and O–H groups in total. The van der Waals surface area contributed by atoms with Crippen LogP contribution in [0, 0.1) is 0 Å². The molecule has 0 aliphatic heterocycles. The Hall–Kier alpha value is -2.18. The molecule has 1 atom stereocenters. The number of carbonyl (C=O) groups excluding carboxylic acids is 1. The van der Waals surface area contributed by atoms with Crippen molar-refractivity contribution in [1.82, 2.24) is 15.2 Å². The fourth-order valence-corrected chi connectivity index (χ4v) is 2.74. The lowest BCUT2D eigenvalue weighted by Gasteiger charge is -2.27. The lowest BCUT2D eigenvalue weighted by atomic mass is 10.1. The first-order valence-corrected chi connectivity index (χ1v) is 8.01. The van der Waals surface area contributed by atoms with E-state index in [1.54, 1.807) is 6.92 Å². The molecule has 0 saturated carbocycles. The molecule has 1 heterocycles. The van der Waals surface area contributed by atoms with Crippen molar-refractivity contribution in [3.05, 3.63) is 46.2 Å². The molecule has 0 fully saturated rings. The zero-order valence-electron chi connectivity index (χ0n) is 14.4. The van der Waals surface area contributed by atoms with Crippen LogP contribution in [0.25, 0.3) is 10.9 Å². The van der Waals surface area contributed by atoms with Gasteiger partial charge in [-0.15, -0.1) is 0 Å². The molecule has 0 aliphatic rings. The highest BCUT2D eigenvalue weighted by Crippen LogP contribution is 2.11. The number of aliphatic hydroxyl groups is 1. The lowest BCUT2D eigenvalue weighted by Crippen LogP contribution is -2.47. The number of hydrogen-bond donors (Lipinski definition) is 3. The minimum Gasteiger partial charge on any atom is -0.387 e. The van der Waals surface area contributed by atoms with Crippen LogP contribution in [0.15, 0.2) is 35.1 Å². The number of aryl methyl sites for hydroxylation is 1. The smallest absolute Gasteiger partial charge is 0.251 e. The average molecular weight is 331 g/mol. The van der Waals surface area contributed by atoms with Gasteiger partial charge in [-0.25, -0.2) is 0 Å². The predicted molar refractivity (Wildman–Crippen MR) is 95.1 cm³/mol. The topological polar surface area (TPSA) is 85.4 Å². The minimum atomic E-state index is -0.987. The number of rotatable bonds is 7. The number of likely N-dealkylation sites (N-methyl/N-ethyl adjacent to an activating group) is 1. The Balaban J connectivity index is 1.92. The second-order valence-corrected chi connectivity index (χ2v) is 6.72. The van der Waals surface area contributed by atoms with E-state index in [2.05, 4.69) is 10.3 Å². The Morgan fingerprint density at radius 2 is 2.04 bits per heavy atom. The molecule has 1 aromatic heterocycles. The number of nitrogens with one attached hydrogen (secondary N) is 2. The molecule has 6 nitrogen and oxygen atoms in total. The number of amides is 1. The van der Waals surface area contributed by atoms with E-state index >= 15 is 0 Å². The molecule has 24 heavy (non-hydrogen) atoms. The number of aromatic amines is 1. The van der Waals surface area contributed by atoms with Gasteiger partial charge in [0.05, 0.1) is 5.60 Å². The van der Waals surface area contributed by atoms with Gasteiger partial charge in [-0.3, -0.25) is 9.59 Å². The monoisotopic (exact) mass is 331 g/mol. The van der Waals surface area contributed by atoms with Crippen LogP contribution >= 0.6 is 0 Å². The fraction of sp³-hybridized carbons (Fsp3) is 0.444. The van der Waals surface area contributed by atoms with Crippen molar-refractivity contribution in [2.45, 2.75) is 25.4 Å². The molecule has 1 aromatic carbocycles. The van der Waals surface area contributed by atoms with Crippen LogP contribution in [-0.2, 0) is 11.2 Å². The van der Waals surface area contributed by atoms with Gasteiger partial charge in [0.15, 0.2) is 0 Å². The van der Waals surface area contributed by atoms with E-state index in [-0.39, 0.29) is 24.4 Å². The van der Waals surface area contributed by atoms with Crippen molar-refractivity contribution in [2.75, 3.05) is 27.2 Å². The standard InChI is InChI=1S/C18H25N3O3/c1-18(24,12-21(2)3)11-19-16(22)9-8-14-10-13-6-4-5-7-15(13)20-17(14)23/h4-7,10,24H,8-9,11-12H2,1-3H3,(H,19,22)(H,20,23). The molecule has 0 spiro atoms. The molecular weight excluding hydrogens is 306 g/mol. The molecular formula is C18H25N3O3. The second-order valence-electron chi connectivity index (χ2n) is 6.72. The minimum absolute atomic E-state index is 0.166. The number of pyridine rings is 1. The summed E-state index contributed by atoms with van der Waals surface area (Å²) in [5, 5.41) is 13.8. The molecule has 0 saturated heterocycles. The van der Waals surface area contributed by atoms with Crippen LogP contribution in [0.3, 0.4) is 0 Å². The third-order valence-corrected chi connectivity index (χ3v) is 3.78. The molecule has 2 rings (SSSR count). The summed E-state index contributed by atoms with van der Waals surface area (Å²) < 4.78 is 0. The number of fused-ring (bicyclic) bond motifs is 1. The van der Waals surface area contributed by atoms with Gasteiger partial charge in [0.2, 0.25) is 5.91 Å². The number of nitrogens with zero attached hydrogens (tertiary/aromatic N) is 1. The maximum Gasteiger partial charge on any atom is 0.251 e. The van der Waals surface area contributed by atoms with Crippen molar-refractivity contribution >= 4 is 16.8 Å². The van der Waals surface area contributed by atoms with E-state index in [4.69, 9.17) is 0 Å². The molecule has 0 radical (unpaired) electrons. The van der Waals surface area contributed by atoms with E-state index in [1.165, 1.54) is 0 Å². The van der Waals surface area contributed by atoms with Crippen molar-refractivity contribution in [3.8, 4) is 0 Å². The van der Waals surface area contributed by atoms with Crippen LogP contribution in [0.5, 0.6) is 0 Å². The van der Waals surface area contributed by atoms with E-state index in [0.29, 0.717) is 18.5 Å². The second kappa shape index (κ2) is 7.59. The summed E-state index contributed by atoms with van der Waals surface area (Å²) in [4.78, 5) is 28.7. The van der Waals surface area contributed by atoms with Gasteiger partial charge < -0.3 is 20.3 Å². The summed E-state index contributed by atoms with van der Waals surface area (Å²) in [6.07, 6.45) is 0.571. The summed E-state index contributed by atoms with van der Waals surface area (Å²) in [6, 6.07) is 9.37. The van der Waals surface area contributed by atoms with Gasteiger partial charge in [0.25, 0.3) is 5.56 Å². The van der Waals surface area contributed by atoms with E-state index in [0.717, 1.165) is 10.9 Å². The summed E-state index contributed by atoms with van der Waals surface area (Å²) in [5.41, 5.74) is 0.222. The Morgan fingerprint density at radius 1 is 1.33 bits per heavy atom. The van der Waals surface area contributed by atoms with Crippen molar-refractivity contribution in [2.24, 2.45) is 0 Å². The van der Waals surface area contributed by atoms with Crippen molar-refractivity contribution in [1.29, 1.82) is 0 Å². The first-order chi connectivity index (χ1) is 11.3. The molecule has 1 amide bonds. The van der Waals surface area contributed by atoms with Gasteiger partial charge in [-0.2, -0.15) is 0 Å². The van der Waals surface area contributed by atoms with Crippen LogP contribution in [0.2, 0.25) is 0 Å². The average Bonchev–Trinajstić information content (AvgIpc) is 2.49. The van der Waals surface area contributed by atoms with Crippen molar-refractivity contribution < 1.29 is 9.90 Å². The quantitative estimate of drug-likeness (QED) is 0.703. The third-order valence-electron chi connectivity index (χ3n) is 3.78. The number of carbonyl (C=O) groups is 1. The number of benzene rings is 1. The third kappa shape index (κ3) is 5.18. The summed E-state index contributed by atoms with van der Waals surface area (Å²) >= 11 is 0. The Morgan fingerprint density at radius 3 is 2.75 bits per heavy atom. The SMILES string of the molecule is CN(C)CC(C)(O)CNC(=O)CCc1cc2ccccc2[nH]c1=O. The molecule has 0 aliphatic carbocycles. The van der Waals surface area contributed by atoms with Crippen LogP contribution < -0.4 is 10.9 Å². The van der Waals surface area contributed by atoms with Crippen LogP contribution in [0.1, 0.15) is 18.9 Å². The Bertz CT molecular complexity index is 765. The number of aromatic nitrogens is 1. The van der Waals surface area contributed by atoms with Crippen LogP contribution in [0.4, 0.5) is 0 Å². The number of H-pyrrole nitrogens is 1. The first-order valence-electron chi connectivity index (χ1n) is 8.01. The summed E-state index contributed by atoms with van der Waals surface area (Å²) in [6.45, 7) is 2.32. The highest BCUT2D eigenvalue weighted by molar-refractivity contribution is 5.79. The highest BCUT2D eigenvalue weighted by Gasteiger charge is 2.22. The van der Waals surface area contributed by atoms with Gasteiger partial charge in [0.1, 0.15) is 0 Å². The number of para-hydroxylation sites is 1. The fourth-order valence-electron chi connectivity index (χ4n) is 2.74. The molecule has 2 aromatic rings. The molecule has 0 bridgehead atoms. The molecule has 1 unspecified atom stereocenters. The van der Waals surface area contributed by atoms with E-state index < -0.39 is 5.60 Å². The van der Waals surface area contributed by atoms with Crippen LogP contribution in [-0.4, -0.2) is 53.7 Å². The van der Waals surface area contributed by atoms with Gasteiger partial charge in [0, 0.05) is 30.6 Å². The zero-order valence-corrected chi connectivity index (χ0v) is 14.4. The Kier molecular flexibility index (Phi) is 5.75. The highest BCUT2D eigenvalue weighted by atomic mass is 16.3. The summed E-state index contributed by atoms with van der Waals surface area (Å²) in [7, 11) is 3.73.